The van der Waals surface area contributed by atoms with Crippen LogP contribution in [0.5, 0.6) is 6.01 Å². The molecule has 14 heteroatoms. The van der Waals surface area contributed by atoms with Gasteiger partial charge in [-0.25, -0.2) is 0 Å². The van der Waals surface area contributed by atoms with Gasteiger partial charge in [-0.1, -0.05) is 24.2 Å². The summed E-state index contributed by atoms with van der Waals surface area (Å²) in [5.41, 5.74) is 0.393. The molecule has 43 heavy (non-hydrogen) atoms. The Balaban J connectivity index is 1.49. The first-order chi connectivity index (χ1) is 20.5. The predicted molar refractivity (Wildman–Crippen MR) is 154 cm³/mol. The number of rotatable bonds is 7. The topological polar surface area (TPSA) is 109 Å². The van der Waals surface area contributed by atoms with Crippen LogP contribution in [0, 0.1) is 11.3 Å². The fraction of sp³-hybridized carbons (Fsp3) is 0.517. The van der Waals surface area contributed by atoms with Crippen molar-refractivity contribution in [2.75, 3.05) is 56.2 Å². The highest BCUT2D eigenvalue weighted by atomic mass is 35.5. The van der Waals surface area contributed by atoms with Crippen molar-refractivity contribution in [3.05, 3.63) is 52.7 Å². The maximum absolute atomic E-state index is 14.0. The number of hydrogen-bond acceptors (Lipinski definition) is 9. The summed E-state index contributed by atoms with van der Waals surface area (Å²) in [7, 11) is 1.89. The zero-order chi connectivity index (χ0) is 30.9. The lowest BCUT2D eigenvalue weighted by atomic mass is 10.0. The van der Waals surface area contributed by atoms with E-state index in [1.807, 2.05) is 16.8 Å². The minimum Gasteiger partial charge on any atom is -0.462 e. The molecule has 230 valence electrons. The van der Waals surface area contributed by atoms with Crippen molar-refractivity contribution >= 4 is 29.0 Å². The largest absolute Gasteiger partial charge is 0.462 e. The SMILES string of the molecule is C=CC(=O)N1CCN(c2nc(OC[C@@H]3C[C@@H](O)CN3C)nc3c2CCN(c2cccc(Cl)c2C(F)(F)F)C3)CC1CC#N. The normalized spacial score (nSPS) is 22.7. The Morgan fingerprint density at radius 3 is 2.70 bits per heavy atom. The first-order valence-corrected chi connectivity index (χ1v) is 14.4. The molecule has 4 heterocycles. The molecule has 0 bridgehead atoms. The molecule has 2 aromatic rings. The number of nitrogens with zero attached hydrogens (tertiary/aromatic N) is 7. The van der Waals surface area contributed by atoms with Crippen LogP contribution in [-0.2, 0) is 23.9 Å². The first kappa shape index (κ1) is 30.8. The van der Waals surface area contributed by atoms with Crippen LogP contribution in [0.1, 0.15) is 29.7 Å². The number of aromatic nitrogens is 2. The quantitative estimate of drug-likeness (QED) is 0.467. The number of aliphatic hydroxyl groups is 1. The van der Waals surface area contributed by atoms with E-state index in [0.29, 0.717) is 50.5 Å². The molecule has 1 aromatic carbocycles. The van der Waals surface area contributed by atoms with Crippen LogP contribution in [0.2, 0.25) is 5.02 Å². The van der Waals surface area contributed by atoms with Crippen molar-refractivity contribution in [1.29, 1.82) is 5.26 Å². The number of aliphatic hydroxyl groups excluding tert-OH is 1. The lowest BCUT2D eigenvalue weighted by Crippen LogP contribution is -2.55. The molecule has 2 fully saturated rings. The van der Waals surface area contributed by atoms with Crippen LogP contribution in [0.15, 0.2) is 30.9 Å². The molecule has 3 aliphatic heterocycles. The third-order valence-electron chi connectivity index (χ3n) is 8.28. The van der Waals surface area contributed by atoms with E-state index in [9.17, 15) is 28.3 Å². The fourth-order valence-electron chi connectivity index (χ4n) is 6.13. The average Bonchev–Trinajstić information content (AvgIpc) is 3.30. The van der Waals surface area contributed by atoms with E-state index < -0.39 is 23.9 Å². The van der Waals surface area contributed by atoms with E-state index in [1.165, 1.54) is 24.3 Å². The van der Waals surface area contributed by atoms with Crippen molar-refractivity contribution < 1.29 is 27.8 Å². The second kappa shape index (κ2) is 12.6. The van der Waals surface area contributed by atoms with Crippen LogP contribution in [0.3, 0.4) is 0 Å². The molecule has 3 atom stereocenters. The number of benzene rings is 1. The molecule has 1 N–H and O–H groups in total. The molecule has 1 aromatic heterocycles. The van der Waals surface area contributed by atoms with Crippen molar-refractivity contribution in [3.63, 3.8) is 0 Å². The van der Waals surface area contributed by atoms with Crippen LogP contribution in [0.4, 0.5) is 24.7 Å². The second-order valence-corrected chi connectivity index (χ2v) is 11.5. The number of amides is 1. The highest BCUT2D eigenvalue weighted by molar-refractivity contribution is 6.31. The highest BCUT2D eigenvalue weighted by Gasteiger charge is 2.39. The zero-order valence-corrected chi connectivity index (χ0v) is 24.5. The molecule has 0 spiro atoms. The van der Waals surface area contributed by atoms with E-state index in [-0.39, 0.29) is 54.8 Å². The lowest BCUT2D eigenvalue weighted by molar-refractivity contribution is -0.137. The summed E-state index contributed by atoms with van der Waals surface area (Å²) in [6.07, 6.45) is -2.86. The zero-order valence-electron chi connectivity index (χ0n) is 23.7. The van der Waals surface area contributed by atoms with Gasteiger partial charge in [0, 0.05) is 44.3 Å². The van der Waals surface area contributed by atoms with Gasteiger partial charge in [0.05, 0.1) is 53.1 Å². The number of piperazine rings is 1. The number of carbonyl (C=O) groups excluding carboxylic acids is 1. The van der Waals surface area contributed by atoms with Gasteiger partial charge in [-0.2, -0.15) is 28.4 Å². The fourth-order valence-corrected chi connectivity index (χ4v) is 6.41. The van der Waals surface area contributed by atoms with Gasteiger partial charge >= 0.3 is 12.2 Å². The number of β-amino-alcohol motifs (C(OH)–C–C–N with tert-alkyl or cyclic N) is 1. The monoisotopic (exact) mass is 619 g/mol. The highest BCUT2D eigenvalue weighted by Crippen LogP contribution is 2.43. The summed E-state index contributed by atoms with van der Waals surface area (Å²) in [4.78, 5) is 29.1. The Bertz CT molecular complexity index is 1420. The molecular weight excluding hydrogens is 587 g/mol. The number of alkyl halides is 3. The molecule has 1 amide bonds. The lowest BCUT2D eigenvalue weighted by Gasteiger charge is -2.42. The van der Waals surface area contributed by atoms with Crippen molar-refractivity contribution in [2.45, 2.75) is 50.2 Å². The number of nitriles is 1. The van der Waals surface area contributed by atoms with Gasteiger partial charge in [0.25, 0.3) is 0 Å². The maximum atomic E-state index is 14.0. The van der Waals surface area contributed by atoms with E-state index >= 15 is 0 Å². The van der Waals surface area contributed by atoms with E-state index in [4.69, 9.17) is 21.3 Å². The number of likely N-dealkylation sites (N-methyl/N-ethyl adjacent to an activating group) is 1. The molecule has 0 saturated carbocycles. The molecule has 2 saturated heterocycles. The second-order valence-electron chi connectivity index (χ2n) is 11.1. The Kier molecular flexibility index (Phi) is 9.01. The van der Waals surface area contributed by atoms with Crippen molar-refractivity contribution in [1.82, 2.24) is 19.8 Å². The van der Waals surface area contributed by atoms with Crippen LogP contribution < -0.4 is 14.5 Å². The number of carbonyl (C=O) groups is 1. The van der Waals surface area contributed by atoms with E-state index in [0.717, 1.165) is 5.56 Å². The third kappa shape index (κ3) is 6.51. The van der Waals surface area contributed by atoms with E-state index in [1.54, 1.807) is 9.80 Å². The van der Waals surface area contributed by atoms with E-state index in [2.05, 4.69) is 17.6 Å². The summed E-state index contributed by atoms with van der Waals surface area (Å²) in [6, 6.07) is 5.91. The Hall–Kier alpha value is -3.60. The minimum atomic E-state index is -4.64. The first-order valence-electron chi connectivity index (χ1n) is 14.1. The molecule has 0 radical (unpaired) electrons. The van der Waals surface area contributed by atoms with Crippen LogP contribution in [-0.4, -0.2) is 95.3 Å². The molecule has 10 nitrogen and oxygen atoms in total. The molecule has 0 aliphatic carbocycles. The van der Waals surface area contributed by atoms with Crippen molar-refractivity contribution in [3.8, 4) is 12.1 Å². The van der Waals surface area contributed by atoms with Gasteiger partial charge in [-0.05, 0) is 38.1 Å². The van der Waals surface area contributed by atoms with Crippen LogP contribution >= 0.6 is 11.6 Å². The summed E-state index contributed by atoms with van der Waals surface area (Å²) >= 11 is 6.02. The molecular formula is C29H33ClF3N7O3. The van der Waals surface area contributed by atoms with Gasteiger partial charge in [0.1, 0.15) is 12.4 Å². The van der Waals surface area contributed by atoms with Gasteiger partial charge in [-0.3, -0.25) is 9.69 Å². The molecule has 1 unspecified atom stereocenters. The number of anilines is 2. The van der Waals surface area contributed by atoms with Crippen LogP contribution in [0.25, 0.3) is 0 Å². The summed E-state index contributed by atoms with van der Waals surface area (Å²) in [5.74, 6) is 0.324. The number of hydrogen-bond donors (Lipinski definition) is 1. The predicted octanol–water partition coefficient (Wildman–Crippen LogP) is 3.27. The van der Waals surface area contributed by atoms with Crippen molar-refractivity contribution in [2.24, 2.45) is 0 Å². The van der Waals surface area contributed by atoms with Gasteiger partial charge in [-0.15, -0.1) is 0 Å². The molecule has 5 rings (SSSR count). The van der Waals surface area contributed by atoms with Gasteiger partial charge in [0.2, 0.25) is 5.91 Å². The number of ether oxygens (including phenoxy) is 1. The minimum absolute atomic E-state index is 0.0273. The summed E-state index contributed by atoms with van der Waals surface area (Å²) in [6.45, 7) is 5.77. The Morgan fingerprint density at radius 2 is 2.02 bits per heavy atom. The maximum Gasteiger partial charge on any atom is 0.419 e. The number of halogens is 4. The molecule has 3 aliphatic rings. The third-order valence-corrected chi connectivity index (χ3v) is 8.59. The number of fused-ring (bicyclic) bond motifs is 1. The number of likely N-dealkylation sites (tertiary alicyclic amines) is 1. The van der Waals surface area contributed by atoms with Gasteiger partial charge < -0.3 is 24.5 Å². The average molecular weight is 620 g/mol. The summed E-state index contributed by atoms with van der Waals surface area (Å²) < 4.78 is 48.1. The Labute approximate surface area is 252 Å². The Morgan fingerprint density at radius 1 is 1.23 bits per heavy atom. The van der Waals surface area contributed by atoms with Gasteiger partial charge in [0.15, 0.2) is 0 Å². The summed E-state index contributed by atoms with van der Waals surface area (Å²) in [5, 5.41) is 19.1. The standard InChI is InChI=1S/C29H33ClF3N7O3/c1-3-25(42)40-12-11-39(14-18(40)7-9-34)27-21-8-10-38(24-6-4-5-22(30)26(24)29(31,32)33)16-23(21)35-28(36-27)43-17-19-13-20(41)15-37(19)2/h3-6,18-20,41H,1,7-8,10-17H2,2H3/t18?,19-,20+/m0/s1. The smallest absolute Gasteiger partial charge is 0.419 e.